The maximum absolute atomic E-state index is 12.0. The fourth-order valence-electron chi connectivity index (χ4n) is 1.67. The summed E-state index contributed by atoms with van der Waals surface area (Å²) in [4.78, 5) is 30.2. The van der Waals surface area contributed by atoms with Crippen LogP contribution in [0.1, 0.15) is 10.4 Å². The standard InChI is InChI=1S/C11H13N3O3/c1-13-4-5-14(7-10(13)16)11(17)8-2-3-12-6-9(8)15/h2-3,6,15H,4-5,7H2,1H3. The lowest BCUT2D eigenvalue weighted by Crippen LogP contribution is -2.50. The van der Waals surface area contributed by atoms with Crippen molar-refractivity contribution in [1.82, 2.24) is 14.8 Å². The summed E-state index contributed by atoms with van der Waals surface area (Å²) in [6.45, 7) is 1.04. The van der Waals surface area contributed by atoms with Gasteiger partial charge in [0.1, 0.15) is 12.3 Å². The zero-order valence-electron chi connectivity index (χ0n) is 9.46. The molecule has 1 fully saturated rings. The van der Waals surface area contributed by atoms with Crippen molar-refractivity contribution in [2.45, 2.75) is 0 Å². The highest BCUT2D eigenvalue weighted by molar-refractivity contribution is 5.98. The Labute approximate surface area is 98.5 Å². The van der Waals surface area contributed by atoms with Crippen LogP contribution < -0.4 is 0 Å². The van der Waals surface area contributed by atoms with Gasteiger partial charge >= 0.3 is 0 Å². The van der Waals surface area contributed by atoms with Crippen LogP contribution in [0.5, 0.6) is 5.75 Å². The second-order valence-corrected chi connectivity index (χ2v) is 3.93. The third kappa shape index (κ3) is 2.20. The van der Waals surface area contributed by atoms with Gasteiger partial charge in [-0.05, 0) is 6.07 Å². The minimum absolute atomic E-state index is 0.0527. The number of amides is 2. The highest BCUT2D eigenvalue weighted by atomic mass is 16.3. The third-order valence-electron chi connectivity index (χ3n) is 2.77. The molecule has 1 aromatic heterocycles. The second-order valence-electron chi connectivity index (χ2n) is 3.93. The van der Waals surface area contributed by atoms with Gasteiger partial charge in [-0.1, -0.05) is 0 Å². The van der Waals surface area contributed by atoms with Crippen LogP contribution in [0.25, 0.3) is 0 Å². The molecule has 2 amide bonds. The average molecular weight is 235 g/mol. The molecule has 2 rings (SSSR count). The van der Waals surface area contributed by atoms with Crippen molar-refractivity contribution in [3.05, 3.63) is 24.0 Å². The largest absolute Gasteiger partial charge is 0.505 e. The third-order valence-corrected chi connectivity index (χ3v) is 2.77. The molecule has 17 heavy (non-hydrogen) atoms. The van der Waals surface area contributed by atoms with Gasteiger partial charge in [-0.15, -0.1) is 0 Å². The van der Waals surface area contributed by atoms with Gasteiger partial charge in [-0.2, -0.15) is 0 Å². The fraction of sp³-hybridized carbons (Fsp3) is 0.364. The van der Waals surface area contributed by atoms with Gasteiger partial charge in [0.2, 0.25) is 5.91 Å². The molecule has 0 aliphatic carbocycles. The molecule has 90 valence electrons. The number of aromatic hydroxyl groups is 1. The molecule has 2 heterocycles. The molecule has 6 heteroatoms. The molecule has 1 saturated heterocycles. The van der Waals surface area contributed by atoms with E-state index < -0.39 is 0 Å². The number of hydrogen-bond donors (Lipinski definition) is 1. The topological polar surface area (TPSA) is 73.7 Å². The van der Waals surface area contributed by atoms with Gasteiger partial charge in [0.05, 0.1) is 11.8 Å². The fourth-order valence-corrected chi connectivity index (χ4v) is 1.67. The lowest BCUT2D eigenvalue weighted by atomic mass is 10.2. The first kappa shape index (κ1) is 11.4. The zero-order chi connectivity index (χ0) is 12.4. The monoisotopic (exact) mass is 235 g/mol. The van der Waals surface area contributed by atoms with E-state index in [1.165, 1.54) is 23.4 Å². The first-order chi connectivity index (χ1) is 8.09. The van der Waals surface area contributed by atoms with Crippen molar-refractivity contribution in [1.29, 1.82) is 0 Å². The Balaban J connectivity index is 2.16. The molecule has 1 aliphatic rings. The molecule has 0 aromatic carbocycles. The zero-order valence-corrected chi connectivity index (χ0v) is 9.46. The minimum atomic E-state index is -0.341. The van der Waals surface area contributed by atoms with E-state index in [1.807, 2.05) is 0 Å². The summed E-state index contributed by atoms with van der Waals surface area (Å²) in [5.74, 6) is -0.603. The molecule has 0 bridgehead atoms. The van der Waals surface area contributed by atoms with E-state index in [-0.39, 0.29) is 29.7 Å². The number of rotatable bonds is 1. The number of hydrogen-bond acceptors (Lipinski definition) is 4. The summed E-state index contributed by atoms with van der Waals surface area (Å²) in [6, 6.07) is 1.44. The Bertz CT molecular complexity index is 461. The SMILES string of the molecule is CN1CCN(C(=O)c2ccncc2O)CC1=O. The molecule has 0 unspecified atom stereocenters. The van der Waals surface area contributed by atoms with Crippen molar-refractivity contribution in [2.24, 2.45) is 0 Å². The Morgan fingerprint density at radius 2 is 2.24 bits per heavy atom. The summed E-state index contributed by atoms with van der Waals surface area (Å²) in [7, 11) is 1.70. The Kier molecular flexibility index (Phi) is 2.95. The molecule has 1 aliphatic heterocycles. The van der Waals surface area contributed by atoms with Gasteiger partial charge in [-0.3, -0.25) is 14.6 Å². The molecular formula is C11H13N3O3. The van der Waals surface area contributed by atoms with Crippen LogP contribution >= 0.6 is 0 Å². The van der Waals surface area contributed by atoms with Crippen molar-refractivity contribution in [3.8, 4) is 5.75 Å². The van der Waals surface area contributed by atoms with Crippen LogP contribution in [0, 0.1) is 0 Å². The highest BCUT2D eigenvalue weighted by Crippen LogP contribution is 2.17. The molecular weight excluding hydrogens is 222 g/mol. The summed E-state index contributed by atoms with van der Waals surface area (Å²) < 4.78 is 0. The molecule has 6 nitrogen and oxygen atoms in total. The maximum Gasteiger partial charge on any atom is 0.258 e. The number of piperazine rings is 1. The first-order valence-corrected chi connectivity index (χ1v) is 5.26. The van der Waals surface area contributed by atoms with Crippen LogP contribution in [0.2, 0.25) is 0 Å². The molecule has 1 aromatic rings. The van der Waals surface area contributed by atoms with E-state index >= 15 is 0 Å². The van der Waals surface area contributed by atoms with Crippen LogP contribution in [0.3, 0.4) is 0 Å². The summed E-state index contributed by atoms with van der Waals surface area (Å²) >= 11 is 0. The van der Waals surface area contributed by atoms with Gasteiger partial charge in [0, 0.05) is 26.3 Å². The number of carbonyl (C=O) groups excluding carboxylic acids is 2. The predicted molar refractivity (Wildman–Crippen MR) is 59.4 cm³/mol. The van der Waals surface area contributed by atoms with Gasteiger partial charge in [0.15, 0.2) is 0 Å². The van der Waals surface area contributed by atoms with Crippen molar-refractivity contribution in [3.63, 3.8) is 0 Å². The lowest BCUT2D eigenvalue weighted by Gasteiger charge is -2.32. The first-order valence-electron chi connectivity index (χ1n) is 5.26. The lowest BCUT2D eigenvalue weighted by molar-refractivity contribution is -0.133. The highest BCUT2D eigenvalue weighted by Gasteiger charge is 2.26. The molecule has 0 saturated carbocycles. The van der Waals surface area contributed by atoms with E-state index in [4.69, 9.17) is 0 Å². The van der Waals surface area contributed by atoms with Crippen LogP contribution in [0.15, 0.2) is 18.5 Å². The minimum Gasteiger partial charge on any atom is -0.505 e. The van der Waals surface area contributed by atoms with Crippen LogP contribution in [-0.2, 0) is 4.79 Å². The Morgan fingerprint density at radius 1 is 1.47 bits per heavy atom. The number of aromatic nitrogens is 1. The second kappa shape index (κ2) is 4.40. The summed E-state index contributed by atoms with van der Waals surface area (Å²) in [6.07, 6.45) is 2.65. The van der Waals surface area contributed by atoms with Gasteiger partial charge in [-0.25, -0.2) is 0 Å². The predicted octanol–water partition coefficient (Wildman–Crippen LogP) is -0.299. The Hall–Kier alpha value is -2.11. The van der Waals surface area contributed by atoms with Gasteiger partial charge < -0.3 is 14.9 Å². The molecule has 1 N–H and O–H groups in total. The van der Waals surface area contributed by atoms with E-state index in [9.17, 15) is 14.7 Å². The van der Waals surface area contributed by atoms with Gasteiger partial charge in [0.25, 0.3) is 5.91 Å². The number of likely N-dealkylation sites (N-methyl/N-ethyl adjacent to an activating group) is 1. The van der Waals surface area contributed by atoms with E-state index in [0.29, 0.717) is 13.1 Å². The summed E-state index contributed by atoms with van der Waals surface area (Å²) in [5.41, 5.74) is 0.178. The van der Waals surface area contributed by atoms with Crippen LogP contribution in [-0.4, -0.2) is 58.4 Å². The maximum atomic E-state index is 12.0. The summed E-state index contributed by atoms with van der Waals surface area (Å²) in [5, 5.41) is 9.52. The number of pyridine rings is 1. The van der Waals surface area contributed by atoms with E-state index in [1.54, 1.807) is 11.9 Å². The molecule has 0 spiro atoms. The molecule has 0 atom stereocenters. The van der Waals surface area contributed by atoms with Crippen molar-refractivity contribution < 1.29 is 14.7 Å². The van der Waals surface area contributed by atoms with Crippen molar-refractivity contribution >= 4 is 11.8 Å². The average Bonchev–Trinajstić information content (AvgIpc) is 2.32. The van der Waals surface area contributed by atoms with Crippen LogP contribution in [0.4, 0.5) is 0 Å². The number of carbonyl (C=O) groups is 2. The van der Waals surface area contributed by atoms with E-state index in [2.05, 4.69) is 4.98 Å². The van der Waals surface area contributed by atoms with E-state index in [0.717, 1.165) is 0 Å². The number of nitrogens with zero attached hydrogens (tertiary/aromatic N) is 3. The van der Waals surface area contributed by atoms with Crippen molar-refractivity contribution in [2.75, 3.05) is 26.7 Å². The quantitative estimate of drug-likeness (QED) is 0.725. The normalized spacial score (nSPS) is 16.2. The molecule has 0 radical (unpaired) electrons. The smallest absolute Gasteiger partial charge is 0.258 e. The Morgan fingerprint density at radius 3 is 2.88 bits per heavy atom.